The highest BCUT2D eigenvalue weighted by Gasteiger charge is 2.58. The van der Waals surface area contributed by atoms with Gasteiger partial charge < -0.3 is 58.8 Å². The van der Waals surface area contributed by atoms with E-state index in [0.717, 1.165) is 124 Å². The number of allylic oxidation sites excluding steroid dienone is 12. The van der Waals surface area contributed by atoms with Crippen LogP contribution in [0.4, 0.5) is 34.1 Å². The first-order valence-electron chi connectivity index (χ1n) is 60.7. The summed E-state index contributed by atoms with van der Waals surface area (Å²) in [5, 5.41) is 0. The van der Waals surface area contributed by atoms with Crippen LogP contribution in [0.25, 0.3) is 0 Å². The van der Waals surface area contributed by atoms with Crippen molar-refractivity contribution in [2.24, 2.45) is 50.7 Å². The summed E-state index contributed by atoms with van der Waals surface area (Å²) in [5.74, 6) is 2.44. The third-order valence-electron chi connectivity index (χ3n) is 34.4. The Kier molecular flexibility index (Phi) is 21.5. The van der Waals surface area contributed by atoms with Gasteiger partial charge in [0.25, 0.3) is 0 Å². The molecule has 9 unspecified atom stereocenters. The maximum Gasteiger partial charge on any atom is 0.107 e. The van der Waals surface area contributed by atoms with E-state index < -0.39 is 78.1 Å². The van der Waals surface area contributed by atoms with Crippen molar-refractivity contribution in [1.29, 1.82) is 0 Å². The van der Waals surface area contributed by atoms with Gasteiger partial charge in [-0.3, -0.25) is 0 Å². The number of aryl methyl sites for hydroxylation is 6. The highest BCUT2D eigenvalue weighted by atomic mass is 15.5. The minimum atomic E-state index is -2.16. The molecule has 4 aliphatic carbocycles. The number of rotatable bonds is 11. The summed E-state index contributed by atoms with van der Waals surface area (Å²) in [7, 11) is 0. The Balaban J connectivity index is 0.000000122. The molecule has 12 aliphatic heterocycles. The Morgan fingerprint density at radius 3 is 0.754 bits per heavy atom. The maximum atomic E-state index is 8.53. The summed E-state index contributed by atoms with van der Waals surface area (Å²) in [6.07, 6.45) is 45.6. The topological polar surface area (TPSA) is 38.9 Å². The molecule has 0 radical (unpaired) electrons. The summed E-state index contributed by atoms with van der Waals surface area (Å²) in [5.41, 5.74) is 26.1. The molecule has 0 bridgehead atoms. The fourth-order valence-electron chi connectivity index (χ4n) is 27.3. The molecule has 7 aromatic carbocycles. The largest absolute Gasteiger partial charge is 0.328 e. The van der Waals surface area contributed by atoms with E-state index in [9.17, 15) is 0 Å². The van der Waals surface area contributed by atoms with Crippen molar-refractivity contribution in [1.82, 2.24) is 29.4 Å². The lowest BCUT2D eigenvalue weighted by atomic mass is 9.57. The Morgan fingerprint density at radius 2 is 0.449 bits per heavy atom. The standard InChI is InChI=1S/C27H38N2.C22H30N2.C22H24N2.C21H28N2.2C17H22N2/c1-20-12-10-11-17-25(20)29-21(2)26-27(18-19-28(26)22(29)3,23-13-6-4-7-14-23)24-15-8-5-9-16-24;2*1-16-10-8-9-13-20(16)24-17(2)21-22(4,14-15-23(21)18(24)3)19-11-6-5-7-12-19;1-15-9-5-8-12-19(15)23-16(2)20-21(4,18-10-6-7-11-18)13-14-22(20)17(23)3;2*1-12-8-6-7-9-15(12)19-13(2)16-17(4,5)10-11-18(16)14(19)3/h10-12,17-19,22-24H,4-9,13-16H2,1-3H3;8-10,13-15,18-19H,5-7,11-12H2,1-4H3;5-15,18H,1-4H3;5,8-9,12-14,17-18H,6-7,10-11H2,1-4H3;2*6-11,14H,1-5H3/i6*3D3. The predicted molar refractivity (Wildman–Crippen MR) is 582 cm³/mol. The van der Waals surface area contributed by atoms with Crippen LogP contribution < -0.4 is 29.4 Å². The van der Waals surface area contributed by atoms with Crippen molar-refractivity contribution in [3.05, 3.63) is 357 Å². The van der Waals surface area contributed by atoms with Gasteiger partial charge in [0, 0.05) is 186 Å². The van der Waals surface area contributed by atoms with Crippen molar-refractivity contribution < 1.29 is 24.7 Å². The number of para-hydroxylation sites is 6. The number of hydrogen-bond donors (Lipinski definition) is 0. The van der Waals surface area contributed by atoms with Crippen LogP contribution in [-0.4, -0.2) is 66.4 Å². The van der Waals surface area contributed by atoms with Crippen molar-refractivity contribution >= 4 is 34.1 Å². The SMILES string of the molecule is [2H]C([2H])([2H])C1N2C=CC(C)(C)C2=C(C)N1c1ccccc1C.[2H]C([2H])([2H])C1N2C=CC(C)(C)C2=C(C)N1c1ccccc1C.[2H]C([2H])([2H])C1N2C=CC(C)(C3CCCC3)C2=C(C)N1c1ccccc1C.[2H]C([2H])([2H])C1N2C=CC(C)(C3CCCCC3)C2=C(C)N1c1ccccc1C.[2H]C([2H])([2H])C1N2C=CC(C)(c3ccccc3)C2=C(C)N1c1ccccc1C.[2H]C([2H])([2H])C1N2C=CC(C3CCCCC3)(C3CCCCC3)C2=C(C)N1c1ccccc1C. The number of nitrogens with zero attached hydrogens (tertiary/aromatic N) is 12. The molecule has 0 aromatic heterocycles. The third-order valence-corrected chi connectivity index (χ3v) is 34.4. The fourth-order valence-corrected chi connectivity index (χ4v) is 27.3. The molecule has 4 fully saturated rings. The molecule has 4 saturated carbocycles. The van der Waals surface area contributed by atoms with E-state index in [4.69, 9.17) is 24.7 Å². The van der Waals surface area contributed by atoms with Crippen LogP contribution in [0.5, 0.6) is 0 Å². The summed E-state index contributed by atoms with van der Waals surface area (Å²) < 4.78 is 148. The number of fused-ring (bicyclic) bond motifs is 6. The van der Waals surface area contributed by atoms with E-state index in [2.05, 4.69) is 184 Å². The van der Waals surface area contributed by atoms with E-state index in [0.29, 0.717) is 23.7 Å². The Bertz CT molecular complexity index is 6680. The van der Waals surface area contributed by atoms with Gasteiger partial charge >= 0.3 is 0 Å². The van der Waals surface area contributed by atoms with E-state index in [-0.39, 0.29) is 32.5 Å². The van der Waals surface area contributed by atoms with Crippen LogP contribution in [0.15, 0.2) is 318 Å². The summed E-state index contributed by atoms with van der Waals surface area (Å²) in [4.78, 5) is 24.2. The second kappa shape index (κ2) is 38.6. The lowest BCUT2D eigenvalue weighted by molar-refractivity contribution is 0.0921. The first-order chi connectivity index (χ1) is 73.4. The van der Waals surface area contributed by atoms with Crippen molar-refractivity contribution in [3.63, 3.8) is 0 Å². The zero-order valence-corrected chi connectivity index (χ0v) is 85.7. The van der Waals surface area contributed by atoms with Crippen molar-refractivity contribution in [3.8, 4) is 0 Å². The second-order valence-corrected chi connectivity index (χ2v) is 43.6. The van der Waals surface area contributed by atoms with E-state index in [1.807, 2.05) is 256 Å². The molecule has 0 spiro atoms. The van der Waals surface area contributed by atoms with Crippen LogP contribution in [0, 0.1) is 92.3 Å². The van der Waals surface area contributed by atoms with E-state index in [1.54, 1.807) is 0 Å². The molecule has 0 N–H and O–H groups in total. The van der Waals surface area contributed by atoms with Gasteiger partial charge in [-0.2, -0.15) is 0 Å². The molecule has 138 heavy (non-hydrogen) atoms. The zero-order chi connectivity index (χ0) is 113. The van der Waals surface area contributed by atoms with Gasteiger partial charge in [-0.05, 0) is 282 Å². The molecule has 12 nitrogen and oxygen atoms in total. The van der Waals surface area contributed by atoms with Gasteiger partial charge in [-0.25, -0.2) is 0 Å². The number of hydrogen-bond acceptors (Lipinski definition) is 12. The lowest BCUT2D eigenvalue weighted by Crippen LogP contribution is -2.41. The molecule has 12 heterocycles. The minimum absolute atomic E-state index is 0.00808. The predicted octanol–water partition coefficient (Wildman–Crippen LogP) is 32.3. The van der Waals surface area contributed by atoms with Crippen molar-refractivity contribution in [2.75, 3.05) is 29.4 Å². The molecule has 728 valence electrons. The average molecular weight is 1860 g/mol. The molecular formula is C126H164N12. The fraction of sp³-hybridized carbons (Fsp3) is 0.476. The Hall–Kier alpha value is -11.0. The van der Waals surface area contributed by atoms with E-state index in [1.165, 1.54) is 139 Å². The van der Waals surface area contributed by atoms with Crippen LogP contribution in [0.1, 0.15) is 317 Å². The molecule has 16 aliphatic rings. The van der Waals surface area contributed by atoms with Crippen molar-refractivity contribution in [2.45, 2.75) is 337 Å². The molecule has 0 saturated heterocycles. The van der Waals surface area contributed by atoms with Crippen LogP contribution in [-0.2, 0) is 5.41 Å². The smallest absolute Gasteiger partial charge is 0.107 e. The second-order valence-electron chi connectivity index (χ2n) is 43.6. The Morgan fingerprint density at radius 1 is 0.225 bits per heavy atom. The van der Waals surface area contributed by atoms with Crippen LogP contribution >= 0.6 is 0 Å². The van der Waals surface area contributed by atoms with Gasteiger partial charge in [0.05, 0.1) is 11.1 Å². The number of anilines is 6. The molecule has 23 rings (SSSR count). The monoisotopic (exact) mass is 1860 g/mol. The Labute approximate surface area is 857 Å². The first-order valence-corrected chi connectivity index (χ1v) is 51.7. The zero-order valence-electron chi connectivity index (χ0n) is 104. The maximum absolute atomic E-state index is 8.53. The molecular weight excluding hydrogens is 1680 g/mol. The highest BCUT2D eigenvalue weighted by Crippen LogP contribution is 2.63. The van der Waals surface area contributed by atoms with Gasteiger partial charge in [0.1, 0.15) is 37.0 Å². The summed E-state index contributed by atoms with van der Waals surface area (Å²) in [6.45, 7) is 27.4. The first kappa shape index (κ1) is 76.8. The number of benzene rings is 7. The van der Waals surface area contributed by atoms with Gasteiger partial charge in [0.15, 0.2) is 0 Å². The summed E-state index contributed by atoms with van der Waals surface area (Å²) in [6, 6.07) is 58.6. The third kappa shape index (κ3) is 16.6. The van der Waals surface area contributed by atoms with Gasteiger partial charge in [0.2, 0.25) is 0 Å². The van der Waals surface area contributed by atoms with Gasteiger partial charge in [-0.1, -0.05) is 288 Å². The lowest BCUT2D eigenvalue weighted by Gasteiger charge is -2.47. The molecule has 9 atom stereocenters. The van der Waals surface area contributed by atoms with Crippen LogP contribution in [0.2, 0.25) is 0 Å². The molecule has 7 aromatic rings. The van der Waals surface area contributed by atoms with Crippen LogP contribution in [0.3, 0.4) is 0 Å². The van der Waals surface area contributed by atoms with Gasteiger partial charge in [-0.15, -0.1) is 0 Å². The average Bonchev–Trinajstić information content (AvgIpc) is 1.61. The molecule has 12 heteroatoms. The normalized spacial score (nSPS) is 29.9. The summed E-state index contributed by atoms with van der Waals surface area (Å²) >= 11 is 0. The quantitative estimate of drug-likeness (QED) is 0.124. The molecule has 0 amide bonds. The minimum Gasteiger partial charge on any atom is -0.328 e. The van der Waals surface area contributed by atoms with E-state index >= 15 is 0 Å². The highest BCUT2D eigenvalue weighted by molar-refractivity contribution is 5.69.